The van der Waals surface area contributed by atoms with Gasteiger partial charge in [-0.25, -0.2) is 0 Å². The molecular weight excluding hydrogens is 248 g/mol. The summed E-state index contributed by atoms with van der Waals surface area (Å²) in [7, 11) is 0. The minimum absolute atomic E-state index is 0.544. The molecule has 0 radical (unpaired) electrons. The highest BCUT2D eigenvalue weighted by Gasteiger charge is 2.05. The van der Waals surface area contributed by atoms with Crippen molar-refractivity contribution >= 4 is 10.9 Å². The summed E-state index contributed by atoms with van der Waals surface area (Å²) in [6, 6.07) is 15.8. The van der Waals surface area contributed by atoms with Crippen LogP contribution in [0.15, 0.2) is 54.7 Å². The van der Waals surface area contributed by atoms with Crippen molar-refractivity contribution in [1.29, 1.82) is 0 Å². The lowest BCUT2D eigenvalue weighted by atomic mass is 10.1. The first-order chi connectivity index (χ1) is 9.78. The SMILES string of the molecule is Cc1cc(Oc2cccc3cccnc23)ccc1CN. The lowest BCUT2D eigenvalue weighted by Crippen LogP contribution is -1.99. The Bertz CT molecular complexity index is 748. The van der Waals surface area contributed by atoms with Crippen molar-refractivity contribution in [1.82, 2.24) is 4.98 Å². The van der Waals surface area contributed by atoms with E-state index in [0.29, 0.717) is 6.54 Å². The molecule has 3 nitrogen and oxygen atoms in total. The standard InChI is InChI=1S/C17H16N2O/c1-12-10-15(8-7-14(12)11-18)20-16-6-2-4-13-5-3-9-19-17(13)16/h2-10H,11,18H2,1H3. The third kappa shape index (κ3) is 2.36. The molecule has 3 rings (SSSR count). The van der Waals surface area contributed by atoms with Crippen LogP contribution in [0.4, 0.5) is 0 Å². The third-order valence-electron chi connectivity index (χ3n) is 3.36. The average molecular weight is 264 g/mol. The Morgan fingerprint density at radius 2 is 1.95 bits per heavy atom. The molecule has 3 aromatic rings. The molecule has 0 spiro atoms. The van der Waals surface area contributed by atoms with Crippen molar-refractivity contribution in [2.24, 2.45) is 5.73 Å². The van der Waals surface area contributed by atoms with Crippen LogP contribution in [0.5, 0.6) is 11.5 Å². The molecule has 20 heavy (non-hydrogen) atoms. The summed E-state index contributed by atoms with van der Waals surface area (Å²) in [5.41, 5.74) is 8.82. The van der Waals surface area contributed by atoms with Crippen molar-refractivity contribution in [2.45, 2.75) is 13.5 Å². The first-order valence-corrected chi connectivity index (χ1v) is 6.59. The van der Waals surface area contributed by atoms with Gasteiger partial charge in [-0.3, -0.25) is 4.98 Å². The highest BCUT2D eigenvalue weighted by atomic mass is 16.5. The van der Waals surface area contributed by atoms with Gasteiger partial charge in [0.25, 0.3) is 0 Å². The number of hydrogen-bond acceptors (Lipinski definition) is 3. The molecule has 0 aliphatic rings. The van der Waals surface area contributed by atoms with E-state index in [0.717, 1.165) is 33.5 Å². The van der Waals surface area contributed by atoms with Gasteiger partial charge in [0.2, 0.25) is 0 Å². The van der Waals surface area contributed by atoms with Crippen molar-refractivity contribution in [3.05, 3.63) is 65.9 Å². The zero-order chi connectivity index (χ0) is 13.9. The number of para-hydroxylation sites is 1. The predicted octanol–water partition coefficient (Wildman–Crippen LogP) is 3.79. The molecule has 0 aliphatic heterocycles. The number of ether oxygens (including phenoxy) is 1. The quantitative estimate of drug-likeness (QED) is 0.782. The predicted molar refractivity (Wildman–Crippen MR) is 80.9 cm³/mol. The van der Waals surface area contributed by atoms with Crippen molar-refractivity contribution in [3.63, 3.8) is 0 Å². The molecule has 0 saturated carbocycles. The number of fused-ring (bicyclic) bond motifs is 1. The van der Waals surface area contributed by atoms with E-state index in [1.54, 1.807) is 6.20 Å². The van der Waals surface area contributed by atoms with E-state index < -0.39 is 0 Å². The second-order valence-corrected chi connectivity index (χ2v) is 4.73. The van der Waals surface area contributed by atoms with Gasteiger partial charge in [-0.2, -0.15) is 0 Å². The van der Waals surface area contributed by atoms with Crippen LogP contribution in [-0.4, -0.2) is 4.98 Å². The summed E-state index contributed by atoms with van der Waals surface area (Å²) in [6.07, 6.45) is 1.78. The van der Waals surface area contributed by atoms with Gasteiger partial charge in [-0.05, 0) is 42.3 Å². The van der Waals surface area contributed by atoms with Gasteiger partial charge >= 0.3 is 0 Å². The maximum absolute atomic E-state index is 5.97. The Morgan fingerprint density at radius 3 is 2.75 bits per heavy atom. The van der Waals surface area contributed by atoms with Gasteiger partial charge in [0.15, 0.2) is 5.75 Å². The number of nitrogens with two attached hydrogens (primary N) is 1. The maximum Gasteiger partial charge on any atom is 0.153 e. The first-order valence-electron chi connectivity index (χ1n) is 6.59. The van der Waals surface area contributed by atoms with Crippen LogP contribution < -0.4 is 10.5 Å². The number of pyridine rings is 1. The molecule has 0 fully saturated rings. The Labute approximate surface area is 118 Å². The van der Waals surface area contributed by atoms with Crippen LogP contribution >= 0.6 is 0 Å². The zero-order valence-corrected chi connectivity index (χ0v) is 11.3. The van der Waals surface area contributed by atoms with Crippen LogP contribution in [0.1, 0.15) is 11.1 Å². The summed E-state index contributed by atoms with van der Waals surface area (Å²) in [6.45, 7) is 2.58. The highest BCUT2D eigenvalue weighted by molar-refractivity contribution is 5.84. The van der Waals surface area contributed by atoms with Gasteiger partial charge in [0.05, 0.1) is 0 Å². The van der Waals surface area contributed by atoms with Gasteiger partial charge in [0, 0.05) is 18.1 Å². The molecule has 2 N–H and O–H groups in total. The van der Waals surface area contributed by atoms with Crippen molar-refractivity contribution in [3.8, 4) is 11.5 Å². The summed E-state index contributed by atoms with van der Waals surface area (Å²) >= 11 is 0. The number of rotatable bonds is 3. The monoisotopic (exact) mass is 264 g/mol. The molecular formula is C17H16N2O. The number of hydrogen-bond donors (Lipinski definition) is 1. The highest BCUT2D eigenvalue weighted by Crippen LogP contribution is 2.29. The van der Waals surface area contributed by atoms with Crippen LogP contribution in [-0.2, 0) is 6.54 Å². The largest absolute Gasteiger partial charge is 0.455 e. The fourth-order valence-corrected chi connectivity index (χ4v) is 2.25. The molecule has 3 heteroatoms. The van der Waals surface area contributed by atoms with Crippen LogP contribution in [0, 0.1) is 6.92 Å². The molecule has 0 aliphatic carbocycles. The van der Waals surface area contributed by atoms with Crippen molar-refractivity contribution < 1.29 is 4.74 Å². The fraction of sp³-hybridized carbons (Fsp3) is 0.118. The topological polar surface area (TPSA) is 48.1 Å². The van der Waals surface area contributed by atoms with Gasteiger partial charge < -0.3 is 10.5 Å². The Hall–Kier alpha value is -2.39. The fourth-order valence-electron chi connectivity index (χ4n) is 2.25. The van der Waals surface area contributed by atoms with E-state index in [4.69, 9.17) is 10.5 Å². The zero-order valence-electron chi connectivity index (χ0n) is 11.3. The van der Waals surface area contributed by atoms with Gasteiger partial charge in [0.1, 0.15) is 11.3 Å². The van der Waals surface area contributed by atoms with E-state index in [1.807, 2.05) is 55.5 Å². The first kappa shape index (κ1) is 12.6. The lowest BCUT2D eigenvalue weighted by molar-refractivity contribution is 0.486. The van der Waals surface area contributed by atoms with Crippen LogP contribution in [0.25, 0.3) is 10.9 Å². The normalized spacial score (nSPS) is 10.7. The Morgan fingerprint density at radius 1 is 1.10 bits per heavy atom. The minimum Gasteiger partial charge on any atom is -0.455 e. The Kier molecular flexibility index (Phi) is 3.35. The van der Waals surface area contributed by atoms with E-state index >= 15 is 0 Å². The van der Waals surface area contributed by atoms with E-state index in [2.05, 4.69) is 4.98 Å². The number of benzene rings is 2. The molecule has 0 amide bonds. The second-order valence-electron chi connectivity index (χ2n) is 4.73. The van der Waals surface area contributed by atoms with E-state index in [9.17, 15) is 0 Å². The summed E-state index contributed by atoms with van der Waals surface area (Å²) in [4.78, 5) is 4.39. The van der Waals surface area contributed by atoms with Gasteiger partial charge in [-0.15, -0.1) is 0 Å². The lowest BCUT2D eigenvalue weighted by Gasteiger charge is -2.10. The molecule has 1 heterocycles. The third-order valence-corrected chi connectivity index (χ3v) is 3.36. The minimum atomic E-state index is 0.544. The van der Waals surface area contributed by atoms with Crippen molar-refractivity contribution in [2.75, 3.05) is 0 Å². The molecule has 2 aromatic carbocycles. The summed E-state index contributed by atoms with van der Waals surface area (Å²) < 4.78 is 5.97. The molecule has 100 valence electrons. The summed E-state index contributed by atoms with van der Waals surface area (Å²) in [5.74, 6) is 1.57. The number of aryl methyl sites for hydroxylation is 1. The second kappa shape index (κ2) is 5.31. The summed E-state index contributed by atoms with van der Waals surface area (Å²) in [5, 5.41) is 1.07. The molecule has 0 saturated heterocycles. The maximum atomic E-state index is 5.97. The van der Waals surface area contributed by atoms with Crippen LogP contribution in [0.3, 0.4) is 0 Å². The smallest absolute Gasteiger partial charge is 0.153 e. The average Bonchev–Trinajstić information content (AvgIpc) is 2.48. The number of aromatic nitrogens is 1. The Balaban J connectivity index is 1.99. The molecule has 0 bridgehead atoms. The molecule has 0 atom stereocenters. The van der Waals surface area contributed by atoms with E-state index in [1.165, 1.54) is 0 Å². The van der Waals surface area contributed by atoms with Crippen LogP contribution in [0.2, 0.25) is 0 Å². The van der Waals surface area contributed by atoms with Gasteiger partial charge in [-0.1, -0.05) is 24.3 Å². The van der Waals surface area contributed by atoms with E-state index in [-0.39, 0.29) is 0 Å². The molecule has 0 unspecified atom stereocenters. The molecule has 1 aromatic heterocycles. The number of nitrogens with zero attached hydrogens (tertiary/aromatic N) is 1.